The molecular formula is C16H21N3O3. The van der Waals surface area contributed by atoms with Crippen LogP contribution in [-0.4, -0.2) is 25.5 Å². The SMILES string of the molecule is C=CCOc1c(CC=C)cc(C=NNC(N)=O)cc1OCC. The molecule has 0 fully saturated rings. The minimum absolute atomic E-state index is 0.376. The van der Waals surface area contributed by atoms with Crippen LogP contribution in [0.3, 0.4) is 0 Å². The first-order valence-electron chi connectivity index (χ1n) is 6.85. The van der Waals surface area contributed by atoms with E-state index in [9.17, 15) is 4.79 Å². The number of primary amides is 1. The van der Waals surface area contributed by atoms with Gasteiger partial charge in [0.1, 0.15) is 6.61 Å². The lowest BCUT2D eigenvalue weighted by atomic mass is 10.1. The number of hydrazone groups is 1. The van der Waals surface area contributed by atoms with Crippen LogP contribution in [0.15, 0.2) is 42.5 Å². The van der Waals surface area contributed by atoms with Gasteiger partial charge < -0.3 is 15.2 Å². The Morgan fingerprint density at radius 3 is 2.73 bits per heavy atom. The van der Waals surface area contributed by atoms with Crippen molar-refractivity contribution >= 4 is 12.2 Å². The lowest BCUT2D eigenvalue weighted by Gasteiger charge is -2.15. The summed E-state index contributed by atoms with van der Waals surface area (Å²) in [6.07, 6.45) is 5.53. The number of allylic oxidation sites excluding steroid dienone is 1. The molecule has 0 aromatic heterocycles. The van der Waals surface area contributed by atoms with Gasteiger partial charge >= 0.3 is 6.03 Å². The quantitative estimate of drug-likeness (QED) is 0.417. The number of urea groups is 1. The maximum atomic E-state index is 10.6. The second kappa shape index (κ2) is 9.23. The average molecular weight is 303 g/mol. The molecule has 2 amide bonds. The molecule has 0 atom stereocenters. The zero-order valence-electron chi connectivity index (χ0n) is 12.7. The standard InChI is InChI=1S/C16H21N3O3/c1-4-7-13-9-12(11-18-19-16(17)20)10-14(21-6-3)15(13)22-8-5-2/h4-5,9-11H,1-2,6-8H2,3H3,(H3,17,19,20). The number of benzene rings is 1. The van der Waals surface area contributed by atoms with E-state index in [2.05, 4.69) is 23.7 Å². The molecule has 0 radical (unpaired) electrons. The summed E-state index contributed by atoms with van der Waals surface area (Å²) in [6.45, 7) is 10.1. The van der Waals surface area contributed by atoms with Gasteiger partial charge in [-0.05, 0) is 31.0 Å². The average Bonchev–Trinajstić information content (AvgIpc) is 2.47. The van der Waals surface area contributed by atoms with Gasteiger partial charge in [-0.25, -0.2) is 10.2 Å². The molecule has 0 heterocycles. The molecule has 0 aliphatic carbocycles. The molecular weight excluding hydrogens is 282 g/mol. The third kappa shape index (κ3) is 5.32. The normalized spacial score (nSPS) is 10.2. The van der Waals surface area contributed by atoms with E-state index in [4.69, 9.17) is 15.2 Å². The molecule has 0 aliphatic rings. The van der Waals surface area contributed by atoms with Crippen molar-refractivity contribution in [3.05, 3.63) is 48.6 Å². The Morgan fingerprint density at radius 2 is 2.14 bits per heavy atom. The van der Waals surface area contributed by atoms with Crippen LogP contribution < -0.4 is 20.6 Å². The second-order valence-corrected chi connectivity index (χ2v) is 4.27. The summed E-state index contributed by atoms with van der Waals surface area (Å²) in [5.41, 5.74) is 8.76. The van der Waals surface area contributed by atoms with E-state index in [-0.39, 0.29) is 0 Å². The Hall–Kier alpha value is -2.76. The van der Waals surface area contributed by atoms with Gasteiger partial charge in [0.2, 0.25) is 0 Å². The fraction of sp³-hybridized carbons (Fsp3) is 0.250. The zero-order valence-corrected chi connectivity index (χ0v) is 12.7. The smallest absolute Gasteiger partial charge is 0.332 e. The molecule has 1 aromatic rings. The highest BCUT2D eigenvalue weighted by atomic mass is 16.5. The van der Waals surface area contributed by atoms with Crippen LogP contribution in [0.2, 0.25) is 0 Å². The van der Waals surface area contributed by atoms with Gasteiger partial charge in [0.05, 0.1) is 12.8 Å². The number of ether oxygens (including phenoxy) is 2. The van der Waals surface area contributed by atoms with Crippen LogP contribution >= 0.6 is 0 Å². The summed E-state index contributed by atoms with van der Waals surface area (Å²) < 4.78 is 11.3. The number of hydrogen-bond donors (Lipinski definition) is 2. The summed E-state index contributed by atoms with van der Waals surface area (Å²) >= 11 is 0. The summed E-state index contributed by atoms with van der Waals surface area (Å²) in [6, 6.07) is 2.94. The molecule has 6 heteroatoms. The van der Waals surface area contributed by atoms with Crippen molar-refractivity contribution in [2.24, 2.45) is 10.8 Å². The largest absolute Gasteiger partial charge is 0.490 e. The van der Waals surface area contributed by atoms with Crippen molar-refractivity contribution in [1.82, 2.24) is 5.43 Å². The molecule has 1 aromatic carbocycles. The molecule has 0 unspecified atom stereocenters. The molecule has 3 N–H and O–H groups in total. The van der Waals surface area contributed by atoms with Crippen LogP contribution in [0.1, 0.15) is 18.1 Å². The van der Waals surface area contributed by atoms with Crippen molar-refractivity contribution in [1.29, 1.82) is 0 Å². The molecule has 0 spiro atoms. The lowest BCUT2D eigenvalue weighted by molar-refractivity contribution is 0.249. The summed E-state index contributed by atoms with van der Waals surface area (Å²) in [5, 5.41) is 3.75. The third-order valence-electron chi connectivity index (χ3n) is 2.55. The summed E-state index contributed by atoms with van der Waals surface area (Å²) in [5.74, 6) is 1.26. The zero-order chi connectivity index (χ0) is 16.4. The maximum absolute atomic E-state index is 10.6. The molecule has 0 saturated heterocycles. The van der Waals surface area contributed by atoms with Crippen LogP contribution in [0, 0.1) is 0 Å². The van der Waals surface area contributed by atoms with Gasteiger partial charge in [0.25, 0.3) is 0 Å². The summed E-state index contributed by atoms with van der Waals surface area (Å²) in [4.78, 5) is 10.6. The van der Waals surface area contributed by atoms with Gasteiger partial charge in [0, 0.05) is 5.56 Å². The number of amides is 2. The van der Waals surface area contributed by atoms with E-state index in [0.29, 0.717) is 31.1 Å². The first kappa shape index (κ1) is 17.3. The van der Waals surface area contributed by atoms with Gasteiger partial charge in [-0.3, -0.25) is 0 Å². The van der Waals surface area contributed by atoms with Gasteiger partial charge in [-0.2, -0.15) is 5.10 Å². The van der Waals surface area contributed by atoms with E-state index < -0.39 is 6.03 Å². The predicted octanol–water partition coefficient (Wildman–Crippen LogP) is 2.38. The lowest BCUT2D eigenvalue weighted by Crippen LogP contribution is -2.24. The molecule has 1 rings (SSSR count). The number of carbonyl (C=O) groups is 1. The van der Waals surface area contributed by atoms with Crippen molar-refractivity contribution in [3.63, 3.8) is 0 Å². The fourth-order valence-electron chi connectivity index (χ4n) is 1.80. The van der Waals surface area contributed by atoms with Gasteiger partial charge in [-0.1, -0.05) is 18.7 Å². The van der Waals surface area contributed by atoms with Gasteiger partial charge in [0.15, 0.2) is 11.5 Å². The molecule has 0 bridgehead atoms. The van der Waals surface area contributed by atoms with E-state index >= 15 is 0 Å². The molecule has 118 valence electrons. The number of rotatable bonds is 9. The van der Waals surface area contributed by atoms with E-state index in [1.807, 2.05) is 13.0 Å². The number of hydrogen-bond acceptors (Lipinski definition) is 4. The molecule has 6 nitrogen and oxygen atoms in total. The Morgan fingerprint density at radius 1 is 1.36 bits per heavy atom. The monoisotopic (exact) mass is 303 g/mol. The van der Waals surface area contributed by atoms with Crippen LogP contribution in [0.4, 0.5) is 4.79 Å². The third-order valence-corrected chi connectivity index (χ3v) is 2.55. The Kier molecular flexibility index (Phi) is 7.25. The number of nitrogens with one attached hydrogen (secondary N) is 1. The highest BCUT2D eigenvalue weighted by molar-refractivity contribution is 5.83. The van der Waals surface area contributed by atoms with Crippen molar-refractivity contribution in [2.75, 3.05) is 13.2 Å². The van der Waals surface area contributed by atoms with Crippen molar-refractivity contribution in [2.45, 2.75) is 13.3 Å². The summed E-state index contributed by atoms with van der Waals surface area (Å²) in [7, 11) is 0. The second-order valence-electron chi connectivity index (χ2n) is 4.27. The van der Waals surface area contributed by atoms with Crippen molar-refractivity contribution < 1.29 is 14.3 Å². The number of nitrogens with zero attached hydrogens (tertiary/aromatic N) is 1. The fourth-order valence-corrected chi connectivity index (χ4v) is 1.80. The number of nitrogens with two attached hydrogens (primary N) is 1. The van der Waals surface area contributed by atoms with Crippen molar-refractivity contribution in [3.8, 4) is 11.5 Å². The van der Waals surface area contributed by atoms with Crippen LogP contribution in [-0.2, 0) is 6.42 Å². The van der Waals surface area contributed by atoms with E-state index in [0.717, 1.165) is 11.1 Å². The van der Waals surface area contributed by atoms with Crippen LogP contribution in [0.5, 0.6) is 11.5 Å². The topological polar surface area (TPSA) is 85.9 Å². The predicted molar refractivity (Wildman–Crippen MR) is 87.5 cm³/mol. The maximum Gasteiger partial charge on any atom is 0.332 e. The first-order valence-corrected chi connectivity index (χ1v) is 6.85. The highest BCUT2D eigenvalue weighted by Crippen LogP contribution is 2.33. The van der Waals surface area contributed by atoms with E-state index in [1.165, 1.54) is 6.21 Å². The van der Waals surface area contributed by atoms with E-state index in [1.54, 1.807) is 18.2 Å². The highest BCUT2D eigenvalue weighted by Gasteiger charge is 2.12. The Bertz CT molecular complexity index is 568. The minimum atomic E-state index is -0.724. The first-order chi connectivity index (χ1) is 10.6. The Balaban J connectivity index is 3.19. The molecule has 0 saturated carbocycles. The molecule has 0 aliphatic heterocycles. The van der Waals surface area contributed by atoms with Crippen LogP contribution in [0.25, 0.3) is 0 Å². The van der Waals surface area contributed by atoms with Gasteiger partial charge in [-0.15, -0.1) is 6.58 Å². The minimum Gasteiger partial charge on any atom is -0.490 e. The Labute approximate surface area is 130 Å². The molecule has 22 heavy (non-hydrogen) atoms. The number of carbonyl (C=O) groups excluding carboxylic acids is 1.